The van der Waals surface area contributed by atoms with E-state index in [1.165, 1.54) is 0 Å². The zero-order valence-corrected chi connectivity index (χ0v) is 16.9. The Morgan fingerprint density at radius 1 is 1.04 bits per heavy atom. The van der Waals surface area contributed by atoms with Gasteiger partial charge in [-0.1, -0.05) is 30.3 Å². The van der Waals surface area contributed by atoms with Crippen LogP contribution in [0.3, 0.4) is 0 Å². The second-order valence-electron chi connectivity index (χ2n) is 6.96. The Morgan fingerprint density at radius 3 is 2.32 bits per heavy atom. The fourth-order valence-electron chi connectivity index (χ4n) is 2.82. The van der Waals surface area contributed by atoms with Gasteiger partial charge in [-0.05, 0) is 44.5 Å². The number of carbonyl (C=O) groups excluding carboxylic acids is 2. The largest absolute Gasteiger partial charge is 0.497 e. The quantitative estimate of drug-likeness (QED) is 0.705. The summed E-state index contributed by atoms with van der Waals surface area (Å²) in [5.41, 5.74) is 0.754. The number of hydrogen-bond donors (Lipinski definition) is 1. The monoisotopic (exact) mass is 385 g/mol. The number of carbonyl (C=O) groups is 2. The highest BCUT2D eigenvalue weighted by Gasteiger charge is 2.31. The summed E-state index contributed by atoms with van der Waals surface area (Å²) in [6.07, 6.45) is 0. The van der Waals surface area contributed by atoms with E-state index in [2.05, 4.69) is 5.32 Å². The third-order valence-corrected chi connectivity index (χ3v) is 4.62. The number of ether oxygens (including phenoxy) is 3. The molecule has 0 bridgehead atoms. The molecule has 0 aliphatic rings. The van der Waals surface area contributed by atoms with Gasteiger partial charge < -0.3 is 19.5 Å². The lowest BCUT2D eigenvalue weighted by molar-refractivity contribution is -0.153. The lowest BCUT2D eigenvalue weighted by Crippen LogP contribution is -2.36. The Labute approximate surface area is 165 Å². The average molecular weight is 385 g/mol. The molecule has 0 spiro atoms. The molecule has 0 aliphatic carbocycles. The number of amides is 1. The first-order valence-electron chi connectivity index (χ1n) is 9.03. The number of esters is 1. The van der Waals surface area contributed by atoms with E-state index in [0.29, 0.717) is 11.5 Å². The molecule has 0 radical (unpaired) electrons. The molecule has 2 aromatic rings. The highest BCUT2D eigenvalue weighted by Crippen LogP contribution is 2.29. The van der Waals surface area contributed by atoms with Gasteiger partial charge in [-0.15, -0.1) is 0 Å². The standard InChI is InChI=1S/C22H27NO5/c1-15(18-13-17(26-4)11-12-19(18)27-5)23-20(24)14-28-21(25)22(2,3)16-9-7-6-8-10-16/h6-13,15H,14H2,1-5H3,(H,23,24). The lowest BCUT2D eigenvalue weighted by Gasteiger charge is -2.23. The molecular formula is C22H27NO5. The van der Waals surface area contributed by atoms with Crippen LogP contribution in [0.15, 0.2) is 48.5 Å². The Balaban J connectivity index is 1.98. The molecule has 28 heavy (non-hydrogen) atoms. The van der Waals surface area contributed by atoms with Gasteiger partial charge in [-0.25, -0.2) is 0 Å². The van der Waals surface area contributed by atoms with Crippen molar-refractivity contribution in [1.29, 1.82) is 0 Å². The average Bonchev–Trinajstić information content (AvgIpc) is 2.71. The molecule has 6 nitrogen and oxygen atoms in total. The maximum Gasteiger partial charge on any atom is 0.316 e. The molecule has 0 heterocycles. The molecule has 1 N–H and O–H groups in total. The molecule has 150 valence electrons. The molecule has 1 amide bonds. The van der Waals surface area contributed by atoms with Crippen LogP contribution in [0.1, 0.15) is 37.9 Å². The van der Waals surface area contributed by atoms with E-state index in [0.717, 1.165) is 11.1 Å². The minimum absolute atomic E-state index is 0.349. The van der Waals surface area contributed by atoms with Gasteiger partial charge in [0.05, 0.1) is 25.7 Å². The molecule has 0 aliphatic heterocycles. The summed E-state index contributed by atoms with van der Waals surface area (Å²) in [6.45, 7) is 5.01. The fraction of sp³-hybridized carbons (Fsp3) is 0.364. The summed E-state index contributed by atoms with van der Waals surface area (Å²) >= 11 is 0. The maximum absolute atomic E-state index is 12.5. The number of rotatable bonds is 8. The number of methoxy groups -OCH3 is 2. The van der Waals surface area contributed by atoms with Gasteiger partial charge >= 0.3 is 5.97 Å². The van der Waals surface area contributed by atoms with Crippen molar-refractivity contribution in [3.8, 4) is 11.5 Å². The van der Waals surface area contributed by atoms with Gasteiger partial charge in [0.1, 0.15) is 11.5 Å². The minimum atomic E-state index is -0.844. The van der Waals surface area contributed by atoms with E-state index in [4.69, 9.17) is 14.2 Å². The van der Waals surface area contributed by atoms with Crippen molar-refractivity contribution in [3.63, 3.8) is 0 Å². The molecule has 2 rings (SSSR count). The predicted molar refractivity (Wildman–Crippen MR) is 107 cm³/mol. The van der Waals surface area contributed by atoms with E-state index in [-0.39, 0.29) is 12.6 Å². The van der Waals surface area contributed by atoms with Crippen LogP contribution in [0.2, 0.25) is 0 Å². The highest BCUT2D eigenvalue weighted by atomic mass is 16.5. The third kappa shape index (κ3) is 5.03. The van der Waals surface area contributed by atoms with Crippen LogP contribution >= 0.6 is 0 Å². The molecule has 0 fully saturated rings. The first-order chi connectivity index (χ1) is 13.3. The molecule has 0 saturated carbocycles. The minimum Gasteiger partial charge on any atom is -0.497 e. The Morgan fingerprint density at radius 2 is 1.71 bits per heavy atom. The molecule has 0 aromatic heterocycles. The van der Waals surface area contributed by atoms with Gasteiger partial charge in [0.25, 0.3) is 5.91 Å². The van der Waals surface area contributed by atoms with Gasteiger partial charge in [0.15, 0.2) is 6.61 Å². The molecular weight excluding hydrogens is 358 g/mol. The summed E-state index contributed by atoms with van der Waals surface area (Å²) < 4.78 is 15.8. The summed E-state index contributed by atoms with van der Waals surface area (Å²) in [4.78, 5) is 24.8. The van der Waals surface area contributed by atoms with Crippen LogP contribution < -0.4 is 14.8 Å². The van der Waals surface area contributed by atoms with Crippen molar-refractivity contribution in [3.05, 3.63) is 59.7 Å². The number of benzene rings is 2. The zero-order chi connectivity index (χ0) is 20.7. The van der Waals surface area contributed by atoms with E-state index in [1.54, 1.807) is 46.3 Å². The molecule has 2 aromatic carbocycles. The first-order valence-corrected chi connectivity index (χ1v) is 9.03. The van der Waals surface area contributed by atoms with Gasteiger partial charge in [0.2, 0.25) is 0 Å². The summed E-state index contributed by atoms with van der Waals surface area (Å²) in [6, 6.07) is 14.3. The third-order valence-electron chi connectivity index (χ3n) is 4.62. The summed E-state index contributed by atoms with van der Waals surface area (Å²) in [7, 11) is 3.13. The van der Waals surface area contributed by atoms with Crippen molar-refractivity contribution in [1.82, 2.24) is 5.32 Å². The van der Waals surface area contributed by atoms with E-state index < -0.39 is 17.3 Å². The van der Waals surface area contributed by atoms with Crippen molar-refractivity contribution in [2.45, 2.75) is 32.2 Å². The van der Waals surface area contributed by atoms with Gasteiger partial charge in [-0.3, -0.25) is 9.59 Å². The number of nitrogens with one attached hydrogen (secondary N) is 1. The predicted octanol–water partition coefficient (Wildman–Crippen LogP) is 3.40. The van der Waals surface area contributed by atoms with Crippen LogP contribution in [0, 0.1) is 0 Å². The van der Waals surface area contributed by atoms with Crippen LogP contribution in [-0.4, -0.2) is 32.7 Å². The first kappa shape index (κ1) is 21.3. The summed E-state index contributed by atoms with van der Waals surface area (Å²) in [5, 5.41) is 2.82. The van der Waals surface area contributed by atoms with Crippen LogP contribution in [0.5, 0.6) is 11.5 Å². The Hall–Kier alpha value is -3.02. The number of hydrogen-bond acceptors (Lipinski definition) is 5. The topological polar surface area (TPSA) is 73.9 Å². The molecule has 1 atom stereocenters. The van der Waals surface area contributed by atoms with E-state index in [9.17, 15) is 9.59 Å². The summed E-state index contributed by atoms with van der Waals surface area (Å²) in [5.74, 6) is 0.443. The van der Waals surface area contributed by atoms with Crippen LogP contribution in [0.25, 0.3) is 0 Å². The highest BCUT2D eigenvalue weighted by molar-refractivity contribution is 5.85. The van der Waals surface area contributed by atoms with E-state index >= 15 is 0 Å². The van der Waals surface area contributed by atoms with Crippen LogP contribution in [0.4, 0.5) is 0 Å². The lowest BCUT2D eigenvalue weighted by atomic mass is 9.85. The smallest absolute Gasteiger partial charge is 0.316 e. The molecule has 6 heteroatoms. The zero-order valence-electron chi connectivity index (χ0n) is 16.9. The van der Waals surface area contributed by atoms with Crippen molar-refractivity contribution >= 4 is 11.9 Å². The normalized spacial score (nSPS) is 12.0. The van der Waals surface area contributed by atoms with Gasteiger partial charge in [-0.2, -0.15) is 0 Å². The second-order valence-corrected chi connectivity index (χ2v) is 6.96. The molecule has 1 unspecified atom stereocenters. The van der Waals surface area contributed by atoms with Crippen molar-refractivity contribution in [2.75, 3.05) is 20.8 Å². The van der Waals surface area contributed by atoms with E-state index in [1.807, 2.05) is 37.3 Å². The second kappa shape index (κ2) is 9.26. The Bertz CT molecular complexity index is 817. The molecule has 0 saturated heterocycles. The fourth-order valence-corrected chi connectivity index (χ4v) is 2.82. The maximum atomic E-state index is 12.5. The SMILES string of the molecule is COc1ccc(OC)c(C(C)NC(=O)COC(=O)C(C)(C)c2ccccc2)c1. The Kier molecular flexibility index (Phi) is 7.04. The van der Waals surface area contributed by atoms with Crippen molar-refractivity contribution < 1.29 is 23.8 Å². The van der Waals surface area contributed by atoms with Crippen molar-refractivity contribution in [2.24, 2.45) is 0 Å². The van der Waals surface area contributed by atoms with Crippen LogP contribution in [-0.2, 0) is 19.7 Å². The van der Waals surface area contributed by atoms with Gasteiger partial charge in [0, 0.05) is 5.56 Å².